The molecule has 3 aromatic rings. The van der Waals surface area contributed by atoms with E-state index >= 15 is 0 Å². The van der Waals surface area contributed by atoms with Gasteiger partial charge in [-0.25, -0.2) is 9.38 Å². The fourth-order valence-corrected chi connectivity index (χ4v) is 4.38. The van der Waals surface area contributed by atoms with E-state index in [2.05, 4.69) is 31.2 Å². The Balaban J connectivity index is 1.39. The third-order valence-corrected chi connectivity index (χ3v) is 6.02. The van der Waals surface area contributed by atoms with E-state index in [4.69, 9.17) is 9.73 Å². The number of aromatic nitrogens is 1. The second kappa shape index (κ2) is 8.65. The predicted octanol–water partition coefficient (Wildman–Crippen LogP) is 5.06. The van der Waals surface area contributed by atoms with Gasteiger partial charge in [-0.15, -0.1) is 0 Å². The first-order valence-electron chi connectivity index (χ1n) is 9.42. The normalized spacial score (nSPS) is 16.1. The summed E-state index contributed by atoms with van der Waals surface area (Å²) in [6.45, 7) is 3.21. The largest absolute Gasteiger partial charge is 0.474 e. The third-order valence-electron chi connectivity index (χ3n) is 4.89. The number of ether oxygens (including phenoxy) is 1. The molecule has 0 fully saturated rings. The van der Waals surface area contributed by atoms with Crippen molar-refractivity contribution in [3.05, 3.63) is 95.1 Å². The lowest BCUT2D eigenvalue weighted by Gasteiger charge is -2.09. The summed E-state index contributed by atoms with van der Waals surface area (Å²) >= 11 is 1.88. The summed E-state index contributed by atoms with van der Waals surface area (Å²) in [7, 11) is 0. The number of nitrogens with zero attached hydrogens (tertiary/aromatic N) is 2. The lowest BCUT2D eigenvalue weighted by molar-refractivity contribution is 0.323. The lowest BCUT2D eigenvalue weighted by atomic mass is 10.1. The first-order chi connectivity index (χ1) is 13.7. The SMILES string of the molecule is Cc1ccccc1CSCC1COC(c2cccn2Cc2ccccc2F)=N1. The molecule has 1 atom stereocenters. The fraction of sp³-hybridized carbons (Fsp3) is 0.261. The third kappa shape index (κ3) is 4.30. The molecular formula is C23H23FN2OS. The maximum absolute atomic E-state index is 14.0. The molecule has 0 saturated carbocycles. The molecule has 0 N–H and O–H groups in total. The van der Waals surface area contributed by atoms with Gasteiger partial charge in [-0.2, -0.15) is 11.8 Å². The van der Waals surface area contributed by atoms with Crippen LogP contribution in [0.5, 0.6) is 0 Å². The second-order valence-corrected chi connectivity index (χ2v) is 7.98. The van der Waals surface area contributed by atoms with E-state index in [1.165, 1.54) is 17.2 Å². The van der Waals surface area contributed by atoms with Gasteiger partial charge in [0.2, 0.25) is 5.90 Å². The summed E-state index contributed by atoms with van der Waals surface area (Å²) in [4.78, 5) is 4.77. The van der Waals surface area contributed by atoms with Crippen LogP contribution in [0.1, 0.15) is 22.4 Å². The van der Waals surface area contributed by atoms with Crippen molar-refractivity contribution < 1.29 is 9.13 Å². The molecule has 2 aromatic carbocycles. The summed E-state index contributed by atoms with van der Waals surface area (Å²) in [5.41, 5.74) is 4.25. The minimum Gasteiger partial charge on any atom is -0.474 e. The summed E-state index contributed by atoms with van der Waals surface area (Å²) in [6.07, 6.45) is 1.94. The average Bonchev–Trinajstić information content (AvgIpc) is 3.34. The second-order valence-electron chi connectivity index (χ2n) is 6.95. The van der Waals surface area contributed by atoms with Crippen molar-refractivity contribution >= 4 is 17.7 Å². The van der Waals surface area contributed by atoms with Crippen molar-refractivity contribution in [1.82, 2.24) is 4.57 Å². The molecule has 1 unspecified atom stereocenters. The summed E-state index contributed by atoms with van der Waals surface area (Å²) < 4.78 is 21.8. The van der Waals surface area contributed by atoms with E-state index in [1.807, 2.05) is 40.7 Å². The monoisotopic (exact) mass is 394 g/mol. The van der Waals surface area contributed by atoms with Crippen LogP contribution in [0, 0.1) is 12.7 Å². The Hall–Kier alpha value is -2.53. The van der Waals surface area contributed by atoms with Crippen LogP contribution in [0.15, 0.2) is 71.9 Å². The highest BCUT2D eigenvalue weighted by Gasteiger charge is 2.22. The molecule has 0 amide bonds. The molecule has 4 rings (SSSR count). The molecule has 0 spiro atoms. The standard InChI is InChI=1S/C23H23FN2OS/c1-17-7-2-3-9-19(17)15-28-16-20-14-27-23(25-20)22-11-6-12-26(22)13-18-8-4-5-10-21(18)24/h2-12,20H,13-16H2,1H3. The van der Waals surface area contributed by atoms with Crippen molar-refractivity contribution in [1.29, 1.82) is 0 Å². The van der Waals surface area contributed by atoms with Gasteiger partial charge in [0.1, 0.15) is 18.1 Å². The van der Waals surface area contributed by atoms with Gasteiger partial charge >= 0.3 is 0 Å². The molecule has 144 valence electrons. The van der Waals surface area contributed by atoms with Gasteiger partial charge in [-0.1, -0.05) is 42.5 Å². The number of aryl methyl sites for hydroxylation is 1. The molecule has 2 heterocycles. The fourth-order valence-electron chi connectivity index (χ4n) is 3.27. The van der Waals surface area contributed by atoms with Crippen molar-refractivity contribution in [3.8, 4) is 0 Å². The van der Waals surface area contributed by atoms with Crippen molar-refractivity contribution in [2.45, 2.75) is 25.3 Å². The van der Waals surface area contributed by atoms with Gasteiger partial charge in [-0.05, 0) is 36.2 Å². The minimum absolute atomic E-state index is 0.154. The summed E-state index contributed by atoms with van der Waals surface area (Å²) in [6, 6.07) is 19.4. The predicted molar refractivity (Wildman–Crippen MR) is 114 cm³/mol. The van der Waals surface area contributed by atoms with E-state index in [0.717, 1.165) is 17.2 Å². The number of benzene rings is 2. The molecule has 0 bridgehead atoms. The highest BCUT2D eigenvalue weighted by molar-refractivity contribution is 7.98. The van der Waals surface area contributed by atoms with Crippen LogP contribution < -0.4 is 0 Å². The van der Waals surface area contributed by atoms with Crippen LogP contribution in [0.3, 0.4) is 0 Å². The number of hydrogen-bond donors (Lipinski definition) is 0. The van der Waals surface area contributed by atoms with Crippen molar-refractivity contribution in [2.75, 3.05) is 12.4 Å². The Bertz CT molecular complexity index is 982. The minimum atomic E-state index is -0.193. The molecule has 1 aliphatic rings. The Morgan fingerprint density at radius 2 is 1.86 bits per heavy atom. The van der Waals surface area contributed by atoms with E-state index < -0.39 is 0 Å². The lowest BCUT2D eigenvalue weighted by Crippen LogP contribution is -2.11. The number of rotatable bonds is 7. The zero-order valence-corrected chi connectivity index (χ0v) is 16.7. The number of halogens is 1. The van der Waals surface area contributed by atoms with Crippen LogP contribution in [0.2, 0.25) is 0 Å². The number of thioether (sulfide) groups is 1. The van der Waals surface area contributed by atoms with Crippen LogP contribution in [-0.2, 0) is 17.0 Å². The Morgan fingerprint density at radius 1 is 1.07 bits per heavy atom. The van der Waals surface area contributed by atoms with E-state index in [0.29, 0.717) is 24.6 Å². The molecular weight excluding hydrogens is 371 g/mol. The van der Waals surface area contributed by atoms with E-state index in [-0.39, 0.29) is 11.9 Å². The maximum Gasteiger partial charge on any atom is 0.233 e. The summed E-state index contributed by atoms with van der Waals surface area (Å²) in [5, 5.41) is 0. The van der Waals surface area contributed by atoms with Gasteiger partial charge in [0, 0.05) is 23.3 Å². The molecule has 1 aliphatic heterocycles. The number of aliphatic imine (C=N–C) groups is 1. The number of hydrogen-bond acceptors (Lipinski definition) is 3. The van der Waals surface area contributed by atoms with E-state index in [9.17, 15) is 4.39 Å². The van der Waals surface area contributed by atoms with Crippen molar-refractivity contribution in [2.24, 2.45) is 4.99 Å². The van der Waals surface area contributed by atoms with Gasteiger partial charge in [0.25, 0.3) is 0 Å². The topological polar surface area (TPSA) is 26.5 Å². The van der Waals surface area contributed by atoms with Gasteiger partial charge in [0.05, 0.1) is 12.6 Å². The molecule has 3 nitrogen and oxygen atoms in total. The Labute approximate surface area is 169 Å². The highest BCUT2D eigenvalue weighted by atomic mass is 32.2. The van der Waals surface area contributed by atoms with Crippen LogP contribution in [0.25, 0.3) is 0 Å². The molecule has 5 heteroatoms. The highest BCUT2D eigenvalue weighted by Crippen LogP contribution is 2.21. The Kier molecular flexibility index (Phi) is 5.81. The zero-order chi connectivity index (χ0) is 19.3. The smallest absolute Gasteiger partial charge is 0.233 e. The zero-order valence-electron chi connectivity index (χ0n) is 15.8. The molecule has 0 aliphatic carbocycles. The van der Waals surface area contributed by atoms with Crippen LogP contribution in [0.4, 0.5) is 4.39 Å². The van der Waals surface area contributed by atoms with Gasteiger partial charge in [0.15, 0.2) is 0 Å². The molecule has 28 heavy (non-hydrogen) atoms. The summed E-state index contributed by atoms with van der Waals surface area (Å²) in [5.74, 6) is 2.37. The first kappa shape index (κ1) is 18.8. The molecule has 1 aromatic heterocycles. The van der Waals surface area contributed by atoms with Gasteiger partial charge in [-0.3, -0.25) is 0 Å². The Morgan fingerprint density at radius 3 is 2.68 bits per heavy atom. The van der Waals surface area contributed by atoms with Crippen molar-refractivity contribution in [3.63, 3.8) is 0 Å². The molecule has 0 saturated heterocycles. The van der Waals surface area contributed by atoms with Crippen LogP contribution >= 0.6 is 11.8 Å². The quantitative estimate of drug-likeness (QED) is 0.560. The van der Waals surface area contributed by atoms with E-state index in [1.54, 1.807) is 12.1 Å². The first-order valence-corrected chi connectivity index (χ1v) is 10.6. The average molecular weight is 395 g/mol. The van der Waals surface area contributed by atoms with Crippen LogP contribution in [-0.4, -0.2) is 28.9 Å². The van der Waals surface area contributed by atoms with Gasteiger partial charge < -0.3 is 9.30 Å². The molecule has 0 radical (unpaired) electrons. The maximum atomic E-state index is 14.0.